The zero-order valence-corrected chi connectivity index (χ0v) is 11.9. The van der Waals surface area contributed by atoms with E-state index in [1.807, 2.05) is 6.07 Å². The number of nitrogens with zero attached hydrogens (tertiary/aromatic N) is 1. The van der Waals surface area contributed by atoms with Crippen molar-refractivity contribution in [3.63, 3.8) is 0 Å². The van der Waals surface area contributed by atoms with Gasteiger partial charge in [0.15, 0.2) is 11.6 Å². The summed E-state index contributed by atoms with van der Waals surface area (Å²) < 4.78 is 43.1. The molecule has 6 heteroatoms. The fourth-order valence-electron chi connectivity index (χ4n) is 1.79. The highest BCUT2D eigenvalue weighted by molar-refractivity contribution is 7.84. The monoisotopic (exact) mass is 307 g/mol. The molecule has 0 saturated carbocycles. The maximum Gasteiger partial charge on any atom is 0.160 e. The minimum Gasteiger partial charge on any atom is -0.495 e. The summed E-state index contributed by atoms with van der Waals surface area (Å²) in [5.74, 6) is -1.48. The summed E-state index contributed by atoms with van der Waals surface area (Å²) in [4.78, 5) is 0.197. The number of benzene rings is 2. The van der Waals surface area contributed by atoms with E-state index in [-0.39, 0.29) is 10.6 Å². The Morgan fingerprint density at radius 2 is 1.95 bits per heavy atom. The third kappa shape index (κ3) is 3.44. The second-order valence-corrected chi connectivity index (χ2v) is 5.66. The summed E-state index contributed by atoms with van der Waals surface area (Å²) in [6, 6.07) is 9.97. The molecule has 0 spiro atoms. The Morgan fingerprint density at radius 1 is 1.19 bits per heavy atom. The van der Waals surface area contributed by atoms with Gasteiger partial charge in [-0.1, -0.05) is 6.07 Å². The van der Waals surface area contributed by atoms with Crippen LogP contribution in [0.3, 0.4) is 0 Å². The summed E-state index contributed by atoms with van der Waals surface area (Å²) in [5.41, 5.74) is 0.979. The molecule has 0 aliphatic heterocycles. The highest BCUT2D eigenvalue weighted by Crippen LogP contribution is 2.21. The maximum atomic E-state index is 13.1. The van der Waals surface area contributed by atoms with Crippen LogP contribution in [0.1, 0.15) is 11.1 Å². The molecule has 0 aliphatic rings. The summed E-state index contributed by atoms with van der Waals surface area (Å²) in [6.07, 6.45) is 0. The van der Waals surface area contributed by atoms with Crippen molar-refractivity contribution < 1.29 is 17.7 Å². The van der Waals surface area contributed by atoms with E-state index in [4.69, 9.17) is 10.00 Å². The van der Waals surface area contributed by atoms with Crippen molar-refractivity contribution in [1.82, 2.24) is 0 Å². The van der Waals surface area contributed by atoms with E-state index < -0.39 is 22.4 Å². The Bertz CT molecular complexity index is 741. The van der Waals surface area contributed by atoms with Crippen LogP contribution in [0.5, 0.6) is 5.75 Å². The molecule has 108 valence electrons. The Morgan fingerprint density at radius 3 is 2.57 bits per heavy atom. The first kappa shape index (κ1) is 15.1. The molecule has 1 unspecified atom stereocenters. The average molecular weight is 307 g/mol. The third-order valence-corrected chi connectivity index (χ3v) is 4.21. The van der Waals surface area contributed by atoms with Crippen LogP contribution in [0.25, 0.3) is 0 Å². The van der Waals surface area contributed by atoms with Gasteiger partial charge in [0.25, 0.3) is 0 Å². The minimum atomic E-state index is -1.53. The molecule has 0 aliphatic carbocycles. The molecular weight excluding hydrogens is 296 g/mol. The van der Waals surface area contributed by atoms with Crippen molar-refractivity contribution in [3.05, 3.63) is 59.2 Å². The van der Waals surface area contributed by atoms with Crippen molar-refractivity contribution in [2.24, 2.45) is 0 Å². The molecule has 1 atom stereocenters. The molecule has 2 aromatic rings. The van der Waals surface area contributed by atoms with Crippen molar-refractivity contribution in [1.29, 1.82) is 5.26 Å². The molecule has 3 nitrogen and oxygen atoms in total. The lowest BCUT2D eigenvalue weighted by Crippen LogP contribution is -1.99. The van der Waals surface area contributed by atoms with Gasteiger partial charge in [0, 0.05) is 4.90 Å². The minimum absolute atomic E-state index is 0.101. The zero-order valence-electron chi connectivity index (χ0n) is 11.1. The van der Waals surface area contributed by atoms with Crippen LogP contribution in [0, 0.1) is 23.0 Å². The van der Waals surface area contributed by atoms with E-state index in [1.54, 1.807) is 18.2 Å². The van der Waals surface area contributed by atoms with Crippen LogP contribution in [-0.2, 0) is 16.6 Å². The lowest BCUT2D eigenvalue weighted by atomic mass is 10.1. The van der Waals surface area contributed by atoms with E-state index in [0.717, 1.165) is 12.1 Å². The van der Waals surface area contributed by atoms with Crippen LogP contribution in [0.2, 0.25) is 0 Å². The molecule has 0 saturated heterocycles. The predicted molar refractivity (Wildman–Crippen MR) is 74.2 cm³/mol. The van der Waals surface area contributed by atoms with Gasteiger partial charge in [-0.3, -0.25) is 4.21 Å². The highest BCUT2D eigenvalue weighted by Gasteiger charge is 2.11. The number of rotatable bonds is 4. The third-order valence-electron chi connectivity index (χ3n) is 2.84. The molecule has 0 aromatic heterocycles. The summed E-state index contributed by atoms with van der Waals surface area (Å²) in [6.45, 7) is 0. The normalized spacial score (nSPS) is 11.7. The lowest BCUT2D eigenvalue weighted by molar-refractivity contribution is 0.413. The molecule has 2 aromatic carbocycles. The summed E-state index contributed by atoms with van der Waals surface area (Å²) in [7, 11) is -0.0750. The SMILES string of the molecule is COc1ccc(CS(=O)c2ccc(F)c(F)c2)cc1C#N. The average Bonchev–Trinajstić information content (AvgIpc) is 2.49. The maximum absolute atomic E-state index is 13.1. The van der Waals surface area contributed by atoms with Crippen LogP contribution in [-0.4, -0.2) is 11.3 Å². The van der Waals surface area contributed by atoms with Crippen LogP contribution < -0.4 is 4.74 Å². The Kier molecular flexibility index (Phi) is 4.66. The number of ether oxygens (including phenoxy) is 1. The van der Waals surface area contributed by atoms with Gasteiger partial charge in [-0.2, -0.15) is 5.26 Å². The molecule has 0 fully saturated rings. The molecule has 0 amide bonds. The summed E-state index contributed by atoms with van der Waals surface area (Å²) >= 11 is 0. The van der Waals surface area contributed by atoms with Gasteiger partial charge < -0.3 is 4.74 Å². The molecule has 2 rings (SSSR count). The van der Waals surface area contributed by atoms with Gasteiger partial charge in [0.2, 0.25) is 0 Å². The molecule has 0 bridgehead atoms. The number of hydrogen-bond acceptors (Lipinski definition) is 3. The van der Waals surface area contributed by atoms with Gasteiger partial charge in [-0.05, 0) is 35.9 Å². The van der Waals surface area contributed by atoms with Gasteiger partial charge in [0.05, 0.1) is 29.2 Å². The Labute approximate surface area is 123 Å². The number of halogens is 2. The Hall–Kier alpha value is -2.26. The van der Waals surface area contributed by atoms with E-state index in [1.165, 1.54) is 13.2 Å². The molecule has 0 N–H and O–H groups in total. The number of hydrogen-bond donors (Lipinski definition) is 0. The molecular formula is C15H11F2NO2S. The highest BCUT2D eigenvalue weighted by atomic mass is 32.2. The Balaban J connectivity index is 2.23. The fraction of sp³-hybridized carbons (Fsp3) is 0.133. The fourth-order valence-corrected chi connectivity index (χ4v) is 2.89. The quantitative estimate of drug-likeness (QED) is 0.872. The van der Waals surface area contributed by atoms with E-state index in [0.29, 0.717) is 16.9 Å². The van der Waals surface area contributed by atoms with Crippen molar-refractivity contribution in [2.45, 2.75) is 10.6 Å². The zero-order chi connectivity index (χ0) is 15.4. The summed E-state index contributed by atoms with van der Waals surface area (Å²) in [5, 5.41) is 8.99. The van der Waals surface area contributed by atoms with Crippen LogP contribution in [0.15, 0.2) is 41.3 Å². The number of methoxy groups -OCH3 is 1. The molecule has 0 heterocycles. The van der Waals surface area contributed by atoms with Gasteiger partial charge in [0.1, 0.15) is 11.8 Å². The number of nitriles is 1. The second-order valence-electron chi connectivity index (χ2n) is 4.21. The topological polar surface area (TPSA) is 50.1 Å². The second kappa shape index (κ2) is 6.46. The van der Waals surface area contributed by atoms with Crippen LogP contribution >= 0.6 is 0 Å². The standard InChI is InChI=1S/C15H11F2NO2S/c1-20-15-5-2-10(6-11(15)8-18)9-21(19)12-3-4-13(16)14(17)7-12/h2-7H,9H2,1H3. The first-order valence-electron chi connectivity index (χ1n) is 5.95. The van der Waals surface area contributed by atoms with E-state index >= 15 is 0 Å². The largest absolute Gasteiger partial charge is 0.495 e. The lowest BCUT2D eigenvalue weighted by Gasteiger charge is -2.06. The van der Waals surface area contributed by atoms with Gasteiger partial charge in [-0.25, -0.2) is 8.78 Å². The van der Waals surface area contributed by atoms with Crippen molar-refractivity contribution in [3.8, 4) is 11.8 Å². The predicted octanol–water partition coefficient (Wildman–Crippen LogP) is 3.15. The molecule has 21 heavy (non-hydrogen) atoms. The smallest absolute Gasteiger partial charge is 0.160 e. The molecule has 0 radical (unpaired) electrons. The van der Waals surface area contributed by atoms with Crippen molar-refractivity contribution in [2.75, 3.05) is 7.11 Å². The van der Waals surface area contributed by atoms with Crippen LogP contribution in [0.4, 0.5) is 8.78 Å². The van der Waals surface area contributed by atoms with E-state index in [9.17, 15) is 13.0 Å². The van der Waals surface area contributed by atoms with Crippen molar-refractivity contribution >= 4 is 10.8 Å². The van der Waals surface area contributed by atoms with Gasteiger partial charge in [-0.15, -0.1) is 0 Å². The first-order chi connectivity index (χ1) is 10.0. The van der Waals surface area contributed by atoms with Gasteiger partial charge >= 0.3 is 0 Å². The first-order valence-corrected chi connectivity index (χ1v) is 7.27. The van der Waals surface area contributed by atoms with E-state index in [2.05, 4.69) is 0 Å².